The fraction of sp³-hybridized carbons (Fsp3) is 0.500. The van der Waals surface area contributed by atoms with Crippen LogP contribution in [-0.4, -0.2) is 50.8 Å². The first-order chi connectivity index (χ1) is 9.17. The number of nitrogens with zero attached hydrogens (tertiary/aromatic N) is 1. The summed E-state index contributed by atoms with van der Waals surface area (Å²) in [6.45, 7) is 6.15. The van der Waals surface area contributed by atoms with Crippen molar-refractivity contribution < 1.29 is 14.3 Å². The fourth-order valence-electron chi connectivity index (χ4n) is 1.66. The van der Waals surface area contributed by atoms with E-state index < -0.39 is 5.91 Å². The van der Waals surface area contributed by atoms with Crippen LogP contribution in [-0.2, 0) is 4.74 Å². The summed E-state index contributed by atoms with van der Waals surface area (Å²) >= 11 is 0. The zero-order valence-electron chi connectivity index (χ0n) is 11.6. The van der Waals surface area contributed by atoms with Gasteiger partial charge in [-0.3, -0.25) is 9.69 Å². The summed E-state index contributed by atoms with van der Waals surface area (Å²) in [5.41, 5.74) is 5.66. The Hall–Kier alpha value is -1.59. The molecule has 0 unspecified atom stereocenters. The van der Waals surface area contributed by atoms with Crippen molar-refractivity contribution in [3.8, 4) is 5.75 Å². The maximum atomic E-state index is 10.9. The van der Waals surface area contributed by atoms with Gasteiger partial charge in [-0.05, 0) is 30.8 Å². The Morgan fingerprint density at radius 3 is 2.37 bits per heavy atom. The molecule has 1 aromatic carbocycles. The Kier molecular flexibility index (Phi) is 6.92. The first-order valence-corrected chi connectivity index (χ1v) is 6.41. The molecule has 0 aromatic heterocycles. The van der Waals surface area contributed by atoms with Gasteiger partial charge in [0, 0.05) is 25.8 Å². The second-order valence-corrected chi connectivity index (χ2v) is 4.16. The quantitative estimate of drug-likeness (QED) is 0.728. The Labute approximate surface area is 114 Å². The molecule has 0 fully saturated rings. The number of hydrogen-bond acceptors (Lipinski definition) is 4. The number of rotatable bonds is 9. The Morgan fingerprint density at radius 2 is 1.84 bits per heavy atom. The lowest BCUT2D eigenvalue weighted by atomic mass is 10.2. The molecule has 19 heavy (non-hydrogen) atoms. The fourth-order valence-corrected chi connectivity index (χ4v) is 1.66. The first-order valence-electron chi connectivity index (χ1n) is 6.41. The van der Waals surface area contributed by atoms with Gasteiger partial charge < -0.3 is 15.2 Å². The Morgan fingerprint density at radius 1 is 1.21 bits per heavy atom. The lowest BCUT2D eigenvalue weighted by Crippen LogP contribution is -2.31. The minimum absolute atomic E-state index is 0.428. The van der Waals surface area contributed by atoms with Gasteiger partial charge in [-0.15, -0.1) is 0 Å². The third kappa shape index (κ3) is 5.72. The van der Waals surface area contributed by atoms with E-state index in [1.807, 2.05) is 0 Å². The number of ether oxygens (including phenoxy) is 2. The van der Waals surface area contributed by atoms with Gasteiger partial charge in [-0.25, -0.2) is 0 Å². The molecule has 0 aliphatic carbocycles. The van der Waals surface area contributed by atoms with E-state index in [2.05, 4.69) is 11.8 Å². The highest BCUT2D eigenvalue weighted by atomic mass is 16.5. The highest BCUT2D eigenvalue weighted by molar-refractivity contribution is 5.92. The number of benzene rings is 1. The zero-order chi connectivity index (χ0) is 14.1. The molecule has 1 aromatic rings. The van der Waals surface area contributed by atoms with Crippen LogP contribution in [0.4, 0.5) is 0 Å². The van der Waals surface area contributed by atoms with Gasteiger partial charge in [0.15, 0.2) is 0 Å². The lowest BCUT2D eigenvalue weighted by molar-refractivity contribution is 0.100. The van der Waals surface area contributed by atoms with Gasteiger partial charge in [0.05, 0.1) is 6.61 Å². The van der Waals surface area contributed by atoms with Crippen LogP contribution in [0.15, 0.2) is 24.3 Å². The summed E-state index contributed by atoms with van der Waals surface area (Å²) in [6, 6.07) is 6.84. The van der Waals surface area contributed by atoms with Crippen LogP contribution in [0.3, 0.4) is 0 Å². The van der Waals surface area contributed by atoms with Crippen molar-refractivity contribution in [3.05, 3.63) is 29.8 Å². The monoisotopic (exact) mass is 266 g/mol. The molecule has 1 amide bonds. The standard InChI is InChI=1S/C14H22N2O3/c1-3-16(8-10-18-2)9-11-19-13-6-4-12(5-7-13)14(15)17/h4-7H,3,8-11H2,1-2H3,(H2,15,17). The van der Waals surface area contributed by atoms with Crippen molar-refractivity contribution >= 4 is 5.91 Å². The van der Waals surface area contributed by atoms with E-state index in [1.54, 1.807) is 31.4 Å². The largest absolute Gasteiger partial charge is 0.492 e. The number of nitrogens with two attached hydrogens (primary N) is 1. The first kappa shape index (κ1) is 15.5. The molecule has 0 spiro atoms. The minimum atomic E-state index is -0.428. The third-order valence-electron chi connectivity index (χ3n) is 2.87. The molecular weight excluding hydrogens is 244 g/mol. The van der Waals surface area contributed by atoms with E-state index in [0.29, 0.717) is 12.2 Å². The Balaban J connectivity index is 2.33. The number of carbonyl (C=O) groups is 1. The van der Waals surface area contributed by atoms with E-state index in [-0.39, 0.29) is 0 Å². The van der Waals surface area contributed by atoms with Crippen molar-refractivity contribution in [2.45, 2.75) is 6.92 Å². The molecule has 5 heteroatoms. The van der Waals surface area contributed by atoms with E-state index in [1.165, 1.54) is 0 Å². The number of primary amides is 1. The average molecular weight is 266 g/mol. The predicted molar refractivity (Wildman–Crippen MR) is 74.4 cm³/mol. The average Bonchev–Trinajstić information content (AvgIpc) is 2.43. The molecule has 0 aliphatic heterocycles. The predicted octanol–water partition coefficient (Wildman–Crippen LogP) is 1.13. The SMILES string of the molecule is CCN(CCOC)CCOc1ccc(C(N)=O)cc1. The van der Waals surface area contributed by atoms with Crippen LogP contribution < -0.4 is 10.5 Å². The van der Waals surface area contributed by atoms with Crippen molar-refractivity contribution in [2.24, 2.45) is 5.73 Å². The van der Waals surface area contributed by atoms with Crippen LogP contribution in [0.1, 0.15) is 17.3 Å². The molecule has 1 rings (SSSR count). The van der Waals surface area contributed by atoms with E-state index >= 15 is 0 Å². The molecule has 0 atom stereocenters. The highest BCUT2D eigenvalue weighted by Gasteiger charge is 2.03. The number of hydrogen-bond donors (Lipinski definition) is 1. The smallest absolute Gasteiger partial charge is 0.248 e. The maximum Gasteiger partial charge on any atom is 0.248 e. The summed E-state index contributed by atoms with van der Waals surface area (Å²) < 4.78 is 10.7. The van der Waals surface area contributed by atoms with Crippen molar-refractivity contribution in [1.82, 2.24) is 4.90 Å². The van der Waals surface area contributed by atoms with Crippen LogP contribution in [0.5, 0.6) is 5.75 Å². The topological polar surface area (TPSA) is 64.8 Å². The summed E-state index contributed by atoms with van der Waals surface area (Å²) in [4.78, 5) is 13.2. The minimum Gasteiger partial charge on any atom is -0.492 e. The number of amides is 1. The molecule has 5 nitrogen and oxygen atoms in total. The summed E-state index contributed by atoms with van der Waals surface area (Å²) in [6.07, 6.45) is 0. The van der Waals surface area contributed by atoms with E-state index in [9.17, 15) is 4.79 Å². The summed E-state index contributed by atoms with van der Waals surface area (Å²) in [7, 11) is 1.70. The van der Waals surface area contributed by atoms with Gasteiger partial charge >= 0.3 is 0 Å². The summed E-state index contributed by atoms with van der Waals surface area (Å²) in [5, 5.41) is 0. The van der Waals surface area contributed by atoms with E-state index in [0.717, 1.165) is 32.0 Å². The van der Waals surface area contributed by atoms with Crippen LogP contribution in [0.2, 0.25) is 0 Å². The second kappa shape index (κ2) is 8.50. The second-order valence-electron chi connectivity index (χ2n) is 4.16. The van der Waals surface area contributed by atoms with Crippen LogP contribution >= 0.6 is 0 Å². The third-order valence-corrected chi connectivity index (χ3v) is 2.87. The van der Waals surface area contributed by atoms with Crippen molar-refractivity contribution in [2.75, 3.05) is 40.0 Å². The molecule has 2 N–H and O–H groups in total. The highest BCUT2D eigenvalue weighted by Crippen LogP contribution is 2.11. The van der Waals surface area contributed by atoms with Crippen LogP contribution in [0, 0.1) is 0 Å². The number of likely N-dealkylation sites (N-methyl/N-ethyl adjacent to an activating group) is 1. The molecular formula is C14H22N2O3. The van der Waals surface area contributed by atoms with Gasteiger partial charge in [-0.1, -0.05) is 6.92 Å². The maximum absolute atomic E-state index is 10.9. The van der Waals surface area contributed by atoms with Crippen LogP contribution in [0.25, 0.3) is 0 Å². The molecule has 0 saturated carbocycles. The normalized spacial score (nSPS) is 10.7. The molecule has 0 saturated heterocycles. The summed E-state index contributed by atoms with van der Waals surface area (Å²) in [5.74, 6) is 0.316. The van der Waals surface area contributed by atoms with Gasteiger partial charge in [0.1, 0.15) is 12.4 Å². The Bertz CT molecular complexity index is 379. The van der Waals surface area contributed by atoms with Crippen molar-refractivity contribution in [1.29, 1.82) is 0 Å². The van der Waals surface area contributed by atoms with Gasteiger partial charge in [0.2, 0.25) is 5.91 Å². The van der Waals surface area contributed by atoms with Gasteiger partial charge in [0.25, 0.3) is 0 Å². The number of methoxy groups -OCH3 is 1. The molecule has 0 radical (unpaired) electrons. The lowest BCUT2D eigenvalue weighted by Gasteiger charge is -2.19. The number of carbonyl (C=O) groups excluding carboxylic acids is 1. The molecule has 0 heterocycles. The van der Waals surface area contributed by atoms with Gasteiger partial charge in [-0.2, -0.15) is 0 Å². The zero-order valence-corrected chi connectivity index (χ0v) is 11.6. The van der Waals surface area contributed by atoms with Crippen molar-refractivity contribution in [3.63, 3.8) is 0 Å². The molecule has 0 aliphatic rings. The molecule has 106 valence electrons. The van der Waals surface area contributed by atoms with E-state index in [4.69, 9.17) is 15.2 Å². The molecule has 0 bridgehead atoms.